The second kappa shape index (κ2) is 3.25. The van der Waals surface area contributed by atoms with E-state index < -0.39 is 0 Å². The lowest BCUT2D eigenvalue weighted by molar-refractivity contribution is 0.101. The normalized spacial score (nSPS) is 9.64. The Labute approximate surface area is 64.7 Å². The summed E-state index contributed by atoms with van der Waals surface area (Å²) in [5.74, 6) is -0.0675. The molecule has 0 saturated heterocycles. The zero-order chi connectivity index (χ0) is 8.27. The summed E-state index contributed by atoms with van der Waals surface area (Å²) >= 11 is 0. The van der Waals surface area contributed by atoms with Crippen LogP contribution in [0, 0.1) is 0 Å². The highest BCUT2D eigenvalue weighted by atomic mass is 16.3. The zero-order valence-corrected chi connectivity index (χ0v) is 6.24. The third-order valence-corrected chi connectivity index (χ3v) is 1.46. The second-order valence-corrected chi connectivity index (χ2v) is 2.25. The van der Waals surface area contributed by atoms with E-state index in [1.54, 1.807) is 12.3 Å². The predicted molar refractivity (Wildman–Crippen MR) is 40.2 cm³/mol. The molecular formula is C8H9NO2. The summed E-state index contributed by atoms with van der Waals surface area (Å²) < 4.78 is 0. The Kier molecular flexibility index (Phi) is 2.33. The minimum absolute atomic E-state index is 0.0675. The maximum absolute atomic E-state index is 10.9. The first kappa shape index (κ1) is 7.88. The van der Waals surface area contributed by atoms with E-state index >= 15 is 0 Å². The third-order valence-electron chi connectivity index (χ3n) is 1.46. The highest BCUT2D eigenvalue weighted by Crippen LogP contribution is 2.06. The van der Waals surface area contributed by atoms with Crippen LogP contribution in [0.2, 0.25) is 0 Å². The van der Waals surface area contributed by atoms with Gasteiger partial charge in [-0.3, -0.25) is 9.78 Å². The first-order valence-electron chi connectivity index (χ1n) is 3.30. The number of ketones is 1. The van der Waals surface area contributed by atoms with E-state index in [4.69, 9.17) is 5.11 Å². The van der Waals surface area contributed by atoms with Crippen molar-refractivity contribution in [1.29, 1.82) is 0 Å². The van der Waals surface area contributed by atoms with Crippen LogP contribution in [0.25, 0.3) is 0 Å². The van der Waals surface area contributed by atoms with E-state index in [9.17, 15) is 4.79 Å². The number of aliphatic hydroxyl groups excluding tert-OH is 1. The van der Waals surface area contributed by atoms with E-state index in [1.165, 1.54) is 13.1 Å². The molecule has 58 valence electrons. The van der Waals surface area contributed by atoms with Crippen molar-refractivity contribution < 1.29 is 9.90 Å². The molecule has 0 aliphatic carbocycles. The van der Waals surface area contributed by atoms with Crippen LogP contribution in [0.5, 0.6) is 0 Å². The Bertz CT molecular complexity index is 271. The van der Waals surface area contributed by atoms with Gasteiger partial charge in [-0.15, -0.1) is 0 Å². The lowest BCUT2D eigenvalue weighted by Crippen LogP contribution is -1.99. The van der Waals surface area contributed by atoms with Crippen molar-refractivity contribution in [3.63, 3.8) is 0 Å². The van der Waals surface area contributed by atoms with Gasteiger partial charge in [0, 0.05) is 18.0 Å². The van der Waals surface area contributed by atoms with E-state index in [0.717, 1.165) is 0 Å². The van der Waals surface area contributed by atoms with Gasteiger partial charge < -0.3 is 5.11 Å². The summed E-state index contributed by atoms with van der Waals surface area (Å²) in [7, 11) is 0. The van der Waals surface area contributed by atoms with Crippen LogP contribution >= 0.6 is 0 Å². The molecule has 1 heterocycles. The van der Waals surface area contributed by atoms with E-state index in [2.05, 4.69) is 4.98 Å². The molecule has 1 N–H and O–H groups in total. The molecule has 1 aromatic heterocycles. The van der Waals surface area contributed by atoms with Gasteiger partial charge in [0.1, 0.15) is 0 Å². The molecule has 0 bridgehead atoms. The number of hydrogen-bond acceptors (Lipinski definition) is 3. The monoisotopic (exact) mass is 151 g/mol. The van der Waals surface area contributed by atoms with Crippen LogP contribution in [0.3, 0.4) is 0 Å². The Morgan fingerprint density at radius 2 is 2.45 bits per heavy atom. The molecule has 0 amide bonds. The third kappa shape index (κ3) is 1.62. The van der Waals surface area contributed by atoms with Gasteiger partial charge in [0.05, 0.1) is 6.61 Å². The zero-order valence-electron chi connectivity index (χ0n) is 6.24. The van der Waals surface area contributed by atoms with Crippen molar-refractivity contribution in [3.05, 3.63) is 29.6 Å². The van der Waals surface area contributed by atoms with Crippen LogP contribution in [0.1, 0.15) is 22.8 Å². The Morgan fingerprint density at radius 3 is 2.91 bits per heavy atom. The summed E-state index contributed by atoms with van der Waals surface area (Å²) in [5.41, 5.74) is 1.13. The van der Waals surface area contributed by atoms with Crippen LogP contribution in [0.4, 0.5) is 0 Å². The van der Waals surface area contributed by atoms with Crippen LogP contribution in [-0.4, -0.2) is 15.9 Å². The smallest absolute Gasteiger partial charge is 0.161 e. The average molecular weight is 151 g/mol. The molecule has 11 heavy (non-hydrogen) atoms. The van der Waals surface area contributed by atoms with Crippen molar-refractivity contribution >= 4 is 5.78 Å². The fourth-order valence-electron chi connectivity index (χ4n) is 0.878. The lowest BCUT2D eigenvalue weighted by Gasteiger charge is -2.00. The first-order valence-corrected chi connectivity index (χ1v) is 3.30. The maximum atomic E-state index is 10.9. The van der Waals surface area contributed by atoms with Gasteiger partial charge in [-0.05, 0) is 18.6 Å². The Morgan fingerprint density at radius 1 is 1.73 bits per heavy atom. The minimum Gasteiger partial charge on any atom is -0.392 e. The van der Waals surface area contributed by atoms with Crippen molar-refractivity contribution in [2.24, 2.45) is 0 Å². The molecule has 1 rings (SSSR count). The number of pyridine rings is 1. The highest BCUT2D eigenvalue weighted by Gasteiger charge is 2.04. The molecule has 0 spiro atoms. The summed E-state index contributed by atoms with van der Waals surface area (Å²) in [4.78, 5) is 14.7. The van der Waals surface area contributed by atoms with Gasteiger partial charge in [-0.2, -0.15) is 0 Å². The van der Waals surface area contributed by atoms with Gasteiger partial charge in [-0.1, -0.05) is 0 Å². The maximum Gasteiger partial charge on any atom is 0.161 e. The molecule has 0 aromatic carbocycles. The van der Waals surface area contributed by atoms with Gasteiger partial charge >= 0.3 is 0 Å². The number of nitrogens with zero attached hydrogens (tertiary/aromatic N) is 1. The summed E-state index contributed by atoms with van der Waals surface area (Å²) in [6, 6.07) is 1.64. The quantitative estimate of drug-likeness (QED) is 0.635. The Hall–Kier alpha value is -1.22. The number of rotatable bonds is 2. The van der Waals surface area contributed by atoms with Crippen LogP contribution < -0.4 is 0 Å². The number of hydrogen-bond donors (Lipinski definition) is 1. The van der Waals surface area contributed by atoms with Crippen LogP contribution in [-0.2, 0) is 6.61 Å². The molecule has 3 heteroatoms. The molecule has 0 radical (unpaired) electrons. The number of carbonyl (C=O) groups is 1. The summed E-state index contributed by atoms with van der Waals surface area (Å²) in [6.45, 7) is 1.34. The molecule has 3 nitrogen and oxygen atoms in total. The largest absolute Gasteiger partial charge is 0.392 e. The molecule has 0 aliphatic heterocycles. The van der Waals surface area contributed by atoms with E-state index in [-0.39, 0.29) is 12.4 Å². The molecule has 0 unspecified atom stereocenters. The average Bonchev–Trinajstić information content (AvgIpc) is 2.04. The molecule has 0 aliphatic rings. The van der Waals surface area contributed by atoms with E-state index in [0.29, 0.717) is 11.1 Å². The van der Waals surface area contributed by atoms with Crippen molar-refractivity contribution in [2.75, 3.05) is 0 Å². The molecule has 0 atom stereocenters. The molecule has 1 aromatic rings. The second-order valence-electron chi connectivity index (χ2n) is 2.25. The van der Waals surface area contributed by atoms with E-state index in [1.807, 2.05) is 0 Å². The summed E-state index contributed by atoms with van der Waals surface area (Å²) in [5, 5.41) is 8.79. The van der Waals surface area contributed by atoms with Crippen molar-refractivity contribution in [3.8, 4) is 0 Å². The fourth-order valence-corrected chi connectivity index (χ4v) is 0.878. The molecule has 0 saturated carbocycles. The minimum atomic E-state index is -0.114. The number of carbonyl (C=O) groups excluding carboxylic acids is 1. The fraction of sp³-hybridized carbons (Fsp3) is 0.250. The van der Waals surface area contributed by atoms with Crippen molar-refractivity contribution in [2.45, 2.75) is 13.5 Å². The number of aromatic nitrogens is 1. The molecule has 0 fully saturated rings. The van der Waals surface area contributed by atoms with Crippen molar-refractivity contribution in [1.82, 2.24) is 4.98 Å². The van der Waals surface area contributed by atoms with Crippen LogP contribution in [0.15, 0.2) is 18.5 Å². The standard InChI is InChI=1S/C8H9NO2/c1-6(11)8-4-9-3-2-7(8)5-10/h2-4,10H,5H2,1H3. The lowest BCUT2D eigenvalue weighted by atomic mass is 10.1. The number of Topliss-reactive ketones (excluding diaryl/α,β-unsaturated/α-hetero) is 1. The molecular weight excluding hydrogens is 142 g/mol. The van der Waals surface area contributed by atoms with Gasteiger partial charge in [0.15, 0.2) is 5.78 Å². The number of aliphatic hydroxyl groups is 1. The van der Waals surface area contributed by atoms with Gasteiger partial charge in [0.25, 0.3) is 0 Å². The van der Waals surface area contributed by atoms with Gasteiger partial charge in [-0.25, -0.2) is 0 Å². The summed E-state index contributed by atoms with van der Waals surface area (Å²) in [6.07, 6.45) is 3.02. The van der Waals surface area contributed by atoms with Gasteiger partial charge in [0.2, 0.25) is 0 Å². The predicted octanol–water partition coefficient (Wildman–Crippen LogP) is 0.776. The Balaban J connectivity index is 3.12. The highest BCUT2D eigenvalue weighted by molar-refractivity contribution is 5.95. The first-order chi connectivity index (χ1) is 5.25. The SMILES string of the molecule is CC(=O)c1cnccc1CO. The topological polar surface area (TPSA) is 50.2 Å².